The van der Waals surface area contributed by atoms with Gasteiger partial charge in [-0.3, -0.25) is 0 Å². The number of halogens is 1. The van der Waals surface area contributed by atoms with Crippen molar-refractivity contribution in [2.24, 2.45) is 0 Å². The second-order valence-corrected chi connectivity index (χ2v) is 3.72. The highest BCUT2D eigenvalue weighted by Crippen LogP contribution is 2.19. The van der Waals surface area contributed by atoms with Gasteiger partial charge >= 0.3 is 5.97 Å². The first-order chi connectivity index (χ1) is 8.58. The van der Waals surface area contributed by atoms with Crippen molar-refractivity contribution in [3.05, 3.63) is 53.9 Å². The lowest BCUT2D eigenvalue weighted by atomic mass is 10.1. The van der Waals surface area contributed by atoms with Gasteiger partial charge in [0.2, 0.25) is 0 Å². The van der Waals surface area contributed by atoms with Gasteiger partial charge < -0.3 is 9.67 Å². The van der Waals surface area contributed by atoms with E-state index in [9.17, 15) is 9.18 Å². The van der Waals surface area contributed by atoms with Crippen molar-refractivity contribution in [3.8, 4) is 5.69 Å². The Kier molecular flexibility index (Phi) is 3.23. The molecule has 5 heteroatoms. The monoisotopic (exact) mass is 246 g/mol. The van der Waals surface area contributed by atoms with Crippen molar-refractivity contribution >= 4 is 12.0 Å². The van der Waals surface area contributed by atoms with Gasteiger partial charge in [0.05, 0.1) is 5.69 Å². The summed E-state index contributed by atoms with van der Waals surface area (Å²) in [4.78, 5) is 14.6. The maximum atomic E-state index is 13.2. The minimum absolute atomic E-state index is 0.415. The number of imidazole rings is 1. The first kappa shape index (κ1) is 12.0. The molecule has 0 spiro atoms. The molecule has 0 aliphatic heterocycles. The lowest BCUT2D eigenvalue weighted by molar-refractivity contribution is -0.131. The van der Waals surface area contributed by atoms with Crippen molar-refractivity contribution in [1.29, 1.82) is 0 Å². The number of benzene rings is 1. The molecule has 2 rings (SSSR count). The third-order valence-electron chi connectivity index (χ3n) is 2.48. The Hall–Kier alpha value is -2.43. The summed E-state index contributed by atoms with van der Waals surface area (Å²) in [5.41, 5.74) is 1.17. The summed E-state index contributed by atoms with van der Waals surface area (Å²) < 4.78 is 15.0. The molecular formula is C13H11FN2O2. The van der Waals surface area contributed by atoms with Crippen molar-refractivity contribution in [2.45, 2.75) is 6.92 Å². The molecule has 1 heterocycles. The summed E-state index contributed by atoms with van der Waals surface area (Å²) in [6, 6.07) is 4.20. The van der Waals surface area contributed by atoms with Gasteiger partial charge in [0, 0.05) is 24.0 Å². The van der Waals surface area contributed by atoms with Crippen LogP contribution < -0.4 is 0 Å². The summed E-state index contributed by atoms with van der Waals surface area (Å²) in [5, 5.41) is 8.62. The highest BCUT2D eigenvalue weighted by molar-refractivity contribution is 5.86. The van der Waals surface area contributed by atoms with Gasteiger partial charge in [0.25, 0.3) is 0 Å². The molecular weight excluding hydrogens is 235 g/mol. The van der Waals surface area contributed by atoms with Gasteiger partial charge in [-0.05, 0) is 31.2 Å². The Morgan fingerprint density at radius 1 is 1.50 bits per heavy atom. The molecule has 1 aromatic carbocycles. The Balaban J connectivity index is 2.54. The van der Waals surface area contributed by atoms with E-state index in [0.29, 0.717) is 11.3 Å². The van der Waals surface area contributed by atoms with Crippen LogP contribution in [0.5, 0.6) is 0 Å². The zero-order chi connectivity index (χ0) is 13.1. The standard InChI is InChI=1S/C13H11FN2O2/c1-9-15-6-7-16(9)12-4-3-11(14)8-10(12)2-5-13(17)18/h2-8H,1H3,(H,17,18)/b5-2+. The highest BCUT2D eigenvalue weighted by Gasteiger charge is 2.06. The summed E-state index contributed by atoms with van der Waals surface area (Å²) >= 11 is 0. The lowest BCUT2D eigenvalue weighted by Gasteiger charge is -2.09. The predicted molar refractivity (Wildman–Crippen MR) is 64.9 cm³/mol. The normalized spacial score (nSPS) is 11.0. The van der Waals surface area contributed by atoms with Gasteiger partial charge in [-0.2, -0.15) is 0 Å². The molecule has 0 radical (unpaired) electrons. The largest absolute Gasteiger partial charge is 0.478 e. The van der Waals surface area contributed by atoms with Gasteiger partial charge in [0.1, 0.15) is 11.6 Å². The fraction of sp³-hybridized carbons (Fsp3) is 0.0769. The van der Waals surface area contributed by atoms with Gasteiger partial charge in [-0.1, -0.05) is 0 Å². The molecule has 0 bridgehead atoms. The highest BCUT2D eigenvalue weighted by atomic mass is 19.1. The summed E-state index contributed by atoms with van der Waals surface area (Å²) in [6.45, 7) is 1.81. The molecule has 0 fully saturated rings. The molecule has 18 heavy (non-hydrogen) atoms. The number of rotatable bonds is 3. The van der Waals surface area contributed by atoms with Crippen LogP contribution in [0.1, 0.15) is 11.4 Å². The van der Waals surface area contributed by atoms with E-state index >= 15 is 0 Å². The number of aliphatic carboxylic acids is 1. The zero-order valence-electron chi connectivity index (χ0n) is 9.67. The second kappa shape index (κ2) is 4.83. The Bertz CT molecular complexity index is 617. The van der Waals surface area contributed by atoms with E-state index < -0.39 is 11.8 Å². The zero-order valence-corrected chi connectivity index (χ0v) is 9.67. The minimum atomic E-state index is -1.08. The maximum absolute atomic E-state index is 13.2. The van der Waals surface area contributed by atoms with Crippen LogP contribution in [0.2, 0.25) is 0 Å². The number of carboxylic acids is 1. The fourth-order valence-corrected chi connectivity index (χ4v) is 1.67. The van der Waals surface area contributed by atoms with Crippen LogP contribution in [0.3, 0.4) is 0 Å². The molecule has 4 nitrogen and oxygen atoms in total. The average molecular weight is 246 g/mol. The van der Waals surface area contributed by atoms with Crippen molar-refractivity contribution in [1.82, 2.24) is 9.55 Å². The van der Waals surface area contributed by atoms with Gasteiger partial charge in [0.15, 0.2) is 0 Å². The minimum Gasteiger partial charge on any atom is -0.478 e. The van der Waals surface area contributed by atoms with E-state index in [4.69, 9.17) is 5.11 Å². The number of aromatic nitrogens is 2. The third kappa shape index (κ3) is 2.45. The van der Waals surface area contributed by atoms with Crippen LogP contribution in [-0.2, 0) is 4.79 Å². The van der Waals surface area contributed by atoms with Crippen LogP contribution >= 0.6 is 0 Å². The first-order valence-electron chi connectivity index (χ1n) is 5.29. The molecule has 0 atom stereocenters. The van der Waals surface area contributed by atoms with Crippen LogP contribution in [0.25, 0.3) is 11.8 Å². The van der Waals surface area contributed by atoms with Gasteiger partial charge in [-0.15, -0.1) is 0 Å². The SMILES string of the molecule is Cc1nccn1-c1ccc(F)cc1/C=C/C(=O)O. The summed E-state index contributed by atoms with van der Waals surface area (Å²) in [7, 11) is 0. The van der Waals surface area contributed by atoms with Crippen molar-refractivity contribution in [3.63, 3.8) is 0 Å². The predicted octanol–water partition coefficient (Wildman–Crippen LogP) is 2.42. The number of carbonyl (C=O) groups is 1. The van der Waals surface area contributed by atoms with E-state index in [-0.39, 0.29) is 0 Å². The van der Waals surface area contributed by atoms with E-state index in [0.717, 1.165) is 11.9 Å². The quantitative estimate of drug-likeness (QED) is 0.846. The first-order valence-corrected chi connectivity index (χ1v) is 5.29. The van der Waals surface area contributed by atoms with E-state index in [1.54, 1.807) is 23.0 Å². The van der Waals surface area contributed by atoms with Crippen LogP contribution in [0, 0.1) is 12.7 Å². The van der Waals surface area contributed by atoms with E-state index in [1.807, 2.05) is 6.92 Å². The molecule has 0 aliphatic rings. The number of hydrogen-bond donors (Lipinski definition) is 1. The molecule has 0 aliphatic carbocycles. The molecule has 1 aromatic heterocycles. The van der Waals surface area contributed by atoms with Crippen LogP contribution in [0.4, 0.5) is 4.39 Å². The number of aryl methyl sites for hydroxylation is 1. The molecule has 0 saturated carbocycles. The van der Waals surface area contributed by atoms with Gasteiger partial charge in [-0.25, -0.2) is 14.2 Å². The maximum Gasteiger partial charge on any atom is 0.328 e. The molecule has 0 saturated heterocycles. The van der Waals surface area contributed by atoms with E-state index in [2.05, 4.69) is 4.98 Å². The second-order valence-electron chi connectivity index (χ2n) is 3.72. The Morgan fingerprint density at radius 3 is 2.89 bits per heavy atom. The van der Waals surface area contributed by atoms with Crippen molar-refractivity contribution < 1.29 is 14.3 Å². The van der Waals surface area contributed by atoms with Crippen LogP contribution in [0.15, 0.2) is 36.7 Å². The Labute approximate surface area is 103 Å². The molecule has 92 valence electrons. The van der Waals surface area contributed by atoms with Crippen LogP contribution in [-0.4, -0.2) is 20.6 Å². The Morgan fingerprint density at radius 2 is 2.28 bits per heavy atom. The summed E-state index contributed by atoms with van der Waals surface area (Å²) in [5.74, 6) is -0.749. The van der Waals surface area contributed by atoms with E-state index in [1.165, 1.54) is 18.2 Å². The fourth-order valence-electron chi connectivity index (χ4n) is 1.67. The number of nitrogens with zero attached hydrogens (tertiary/aromatic N) is 2. The molecule has 0 unspecified atom stereocenters. The topological polar surface area (TPSA) is 55.1 Å². The smallest absolute Gasteiger partial charge is 0.328 e. The third-order valence-corrected chi connectivity index (χ3v) is 2.48. The molecule has 2 aromatic rings. The average Bonchev–Trinajstić information content (AvgIpc) is 2.73. The summed E-state index contributed by atoms with van der Waals surface area (Å²) in [6.07, 6.45) is 5.70. The molecule has 1 N–H and O–H groups in total. The van der Waals surface area contributed by atoms with Crippen molar-refractivity contribution in [2.75, 3.05) is 0 Å². The lowest BCUT2D eigenvalue weighted by Crippen LogP contribution is -1.99. The number of hydrogen-bond acceptors (Lipinski definition) is 2. The number of carboxylic acid groups (broad SMARTS) is 1. The molecule has 0 amide bonds.